The summed E-state index contributed by atoms with van der Waals surface area (Å²) in [6, 6.07) is 10.1. The highest BCUT2D eigenvalue weighted by atomic mass is 16.5. The normalized spacial score (nSPS) is 15.1. The van der Waals surface area contributed by atoms with E-state index in [1.807, 2.05) is 54.0 Å². The van der Waals surface area contributed by atoms with Crippen LogP contribution in [0.4, 0.5) is 0 Å². The van der Waals surface area contributed by atoms with Crippen molar-refractivity contribution in [1.82, 2.24) is 19.0 Å². The van der Waals surface area contributed by atoms with E-state index < -0.39 is 0 Å². The fourth-order valence-corrected chi connectivity index (χ4v) is 4.39. The van der Waals surface area contributed by atoms with Crippen molar-refractivity contribution in [3.05, 3.63) is 54.2 Å². The minimum atomic E-state index is 0.114. The van der Waals surface area contributed by atoms with E-state index in [1.165, 1.54) is 0 Å². The molecule has 4 rings (SSSR count). The predicted octanol–water partition coefficient (Wildman–Crippen LogP) is 3.45. The first-order valence-electron chi connectivity index (χ1n) is 11.2. The highest BCUT2D eigenvalue weighted by molar-refractivity contribution is 5.98. The number of imidazole rings is 1. The molecular formula is C24H32N4O3. The van der Waals surface area contributed by atoms with E-state index in [0.29, 0.717) is 25.7 Å². The number of benzene rings is 1. The molecule has 0 spiro atoms. The number of fused-ring (bicyclic) bond motifs is 1. The number of nitrogens with zero attached hydrogens (tertiary/aromatic N) is 4. The van der Waals surface area contributed by atoms with Crippen molar-refractivity contribution in [2.45, 2.75) is 32.2 Å². The average Bonchev–Trinajstić information content (AvgIpc) is 3.40. The molecule has 0 radical (unpaired) electrons. The topological polar surface area (TPSA) is 61.5 Å². The molecule has 3 aromatic rings. The number of aromatic nitrogens is 3. The molecule has 1 aromatic carbocycles. The van der Waals surface area contributed by atoms with Crippen molar-refractivity contribution < 1.29 is 14.3 Å². The molecule has 1 saturated heterocycles. The SMILES string of the molecule is CCOCCOCCn1ccnc1C1CCN(C(=O)c2cc3ccccc3n2C)CC1. The molecule has 0 bridgehead atoms. The number of hydrogen-bond donors (Lipinski definition) is 0. The van der Waals surface area contributed by atoms with E-state index in [-0.39, 0.29) is 5.91 Å². The molecule has 1 fully saturated rings. The van der Waals surface area contributed by atoms with Crippen LogP contribution in [-0.2, 0) is 23.1 Å². The van der Waals surface area contributed by atoms with Gasteiger partial charge in [0.1, 0.15) is 11.5 Å². The number of likely N-dealkylation sites (tertiary alicyclic amines) is 1. The number of carbonyl (C=O) groups excluding carboxylic acids is 1. The fraction of sp³-hybridized carbons (Fsp3) is 0.500. The van der Waals surface area contributed by atoms with Crippen LogP contribution in [0.5, 0.6) is 0 Å². The van der Waals surface area contributed by atoms with Gasteiger partial charge < -0.3 is 23.5 Å². The third kappa shape index (κ3) is 4.83. The van der Waals surface area contributed by atoms with Gasteiger partial charge in [-0.25, -0.2) is 4.98 Å². The Morgan fingerprint density at radius 3 is 2.68 bits per heavy atom. The molecular weight excluding hydrogens is 392 g/mol. The van der Waals surface area contributed by atoms with E-state index in [9.17, 15) is 4.79 Å². The zero-order valence-electron chi connectivity index (χ0n) is 18.5. The van der Waals surface area contributed by atoms with Crippen LogP contribution < -0.4 is 0 Å². The van der Waals surface area contributed by atoms with Gasteiger partial charge in [-0.3, -0.25) is 4.79 Å². The second kappa shape index (κ2) is 10.1. The van der Waals surface area contributed by atoms with Crippen LogP contribution in [0.15, 0.2) is 42.7 Å². The van der Waals surface area contributed by atoms with E-state index in [2.05, 4.69) is 21.7 Å². The number of carbonyl (C=O) groups is 1. The summed E-state index contributed by atoms with van der Waals surface area (Å²) >= 11 is 0. The first kappa shape index (κ1) is 21.6. The number of rotatable bonds is 9. The van der Waals surface area contributed by atoms with Crippen LogP contribution in [0.1, 0.15) is 42.0 Å². The minimum absolute atomic E-state index is 0.114. The Kier molecular flexibility index (Phi) is 7.04. The molecule has 7 heteroatoms. The molecule has 0 atom stereocenters. The Morgan fingerprint density at radius 1 is 1.13 bits per heavy atom. The van der Waals surface area contributed by atoms with Crippen LogP contribution in [-0.4, -0.2) is 64.4 Å². The summed E-state index contributed by atoms with van der Waals surface area (Å²) < 4.78 is 15.1. The third-order valence-corrected chi connectivity index (χ3v) is 6.12. The standard InChI is InChI=1S/C24H32N4O3/c1-3-30-16-17-31-15-14-27-13-10-25-23(27)19-8-11-28(12-9-19)24(29)22-18-20-6-4-5-7-21(20)26(22)2/h4-7,10,13,18-19H,3,8-9,11-12,14-17H2,1-2H3. The van der Waals surface area contributed by atoms with E-state index >= 15 is 0 Å². The van der Waals surface area contributed by atoms with Gasteiger partial charge >= 0.3 is 0 Å². The molecule has 166 valence electrons. The maximum atomic E-state index is 13.2. The third-order valence-electron chi connectivity index (χ3n) is 6.12. The lowest BCUT2D eigenvalue weighted by molar-refractivity contribution is 0.0492. The lowest BCUT2D eigenvalue weighted by atomic mass is 9.95. The predicted molar refractivity (Wildman–Crippen MR) is 120 cm³/mol. The van der Waals surface area contributed by atoms with Gasteiger partial charge in [0.25, 0.3) is 5.91 Å². The molecule has 7 nitrogen and oxygen atoms in total. The van der Waals surface area contributed by atoms with Gasteiger partial charge in [-0.2, -0.15) is 0 Å². The van der Waals surface area contributed by atoms with Crippen molar-refractivity contribution in [3.63, 3.8) is 0 Å². The lowest BCUT2D eigenvalue weighted by Gasteiger charge is -2.32. The maximum absolute atomic E-state index is 13.2. The number of ether oxygens (including phenoxy) is 2. The van der Waals surface area contributed by atoms with Crippen molar-refractivity contribution in [1.29, 1.82) is 0 Å². The van der Waals surface area contributed by atoms with Crippen molar-refractivity contribution >= 4 is 16.8 Å². The molecule has 0 unspecified atom stereocenters. The zero-order chi connectivity index (χ0) is 21.6. The summed E-state index contributed by atoms with van der Waals surface area (Å²) in [5.41, 5.74) is 1.84. The van der Waals surface area contributed by atoms with Crippen molar-refractivity contribution in [2.75, 3.05) is 39.5 Å². The second-order valence-electron chi connectivity index (χ2n) is 8.00. The number of hydrogen-bond acceptors (Lipinski definition) is 4. The molecule has 0 N–H and O–H groups in total. The molecule has 1 aliphatic heterocycles. The molecule has 31 heavy (non-hydrogen) atoms. The van der Waals surface area contributed by atoms with E-state index in [1.54, 1.807) is 0 Å². The van der Waals surface area contributed by atoms with Crippen LogP contribution in [0.3, 0.4) is 0 Å². The summed E-state index contributed by atoms with van der Waals surface area (Å²) in [4.78, 5) is 19.8. The summed E-state index contributed by atoms with van der Waals surface area (Å²) in [6.07, 6.45) is 5.74. The smallest absolute Gasteiger partial charge is 0.270 e. The van der Waals surface area contributed by atoms with Gasteiger partial charge in [0.15, 0.2) is 0 Å². The highest BCUT2D eigenvalue weighted by Gasteiger charge is 2.28. The molecule has 3 heterocycles. The fourth-order valence-electron chi connectivity index (χ4n) is 4.39. The first-order chi connectivity index (χ1) is 15.2. The molecule has 1 amide bonds. The van der Waals surface area contributed by atoms with Crippen molar-refractivity contribution in [2.24, 2.45) is 7.05 Å². The van der Waals surface area contributed by atoms with Gasteiger partial charge in [-0.15, -0.1) is 0 Å². The molecule has 1 aliphatic rings. The number of amides is 1. The van der Waals surface area contributed by atoms with Crippen LogP contribution in [0, 0.1) is 0 Å². The summed E-state index contributed by atoms with van der Waals surface area (Å²) in [6.45, 7) is 6.90. The van der Waals surface area contributed by atoms with Crippen LogP contribution in [0.25, 0.3) is 10.9 Å². The zero-order valence-corrected chi connectivity index (χ0v) is 18.5. The molecule has 0 aliphatic carbocycles. The van der Waals surface area contributed by atoms with E-state index in [0.717, 1.165) is 61.5 Å². The second-order valence-corrected chi connectivity index (χ2v) is 8.00. The Hall–Kier alpha value is -2.64. The first-order valence-corrected chi connectivity index (χ1v) is 11.2. The Bertz CT molecular complexity index is 1000. The summed E-state index contributed by atoms with van der Waals surface area (Å²) in [5, 5.41) is 1.11. The Morgan fingerprint density at radius 2 is 1.90 bits per heavy atom. The molecule has 0 saturated carbocycles. The quantitative estimate of drug-likeness (QED) is 0.494. The number of piperidine rings is 1. The van der Waals surface area contributed by atoms with Gasteiger partial charge in [-0.1, -0.05) is 18.2 Å². The Balaban J connectivity index is 1.32. The van der Waals surface area contributed by atoms with Gasteiger partial charge in [0.2, 0.25) is 0 Å². The number of aryl methyl sites for hydroxylation is 1. The lowest BCUT2D eigenvalue weighted by Crippen LogP contribution is -2.39. The van der Waals surface area contributed by atoms with Gasteiger partial charge in [0.05, 0.1) is 19.8 Å². The van der Waals surface area contributed by atoms with Gasteiger partial charge in [-0.05, 0) is 31.9 Å². The van der Waals surface area contributed by atoms with Gasteiger partial charge in [0, 0.05) is 62.5 Å². The molecule has 2 aromatic heterocycles. The number of para-hydroxylation sites is 1. The maximum Gasteiger partial charge on any atom is 0.270 e. The Labute approximate surface area is 183 Å². The van der Waals surface area contributed by atoms with Crippen LogP contribution >= 0.6 is 0 Å². The minimum Gasteiger partial charge on any atom is -0.379 e. The average molecular weight is 425 g/mol. The highest BCUT2D eigenvalue weighted by Crippen LogP contribution is 2.28. The largest absolute Gasteiger partial charge is 0.379 e. The van der Waals surface area contributed by atoms with Crippen molar-refractivity contribution in [3.8, 4) is 0 Å². The van der Waals surface area contributed by atoms with E-state index in [4.69, 9.17) is 9.47 Å². The monoisotopic (exact) mass is 424 g/mol. The summed E-state index contributed by atoms with van der Waals surface area (Å²) in [5.74, 6) is 1.59. The van der Waals surface area contributed by atoms with Crippen LogP contribution in [0.2, 0.25) is 0 Å². The summed E-state index contributed by atoms with van der Waals surface area (Å²) in [7, 11) is 1.97.